The second-order valence-corrected chi connectivity index (χ2v) is 28.2. The van der Waals surface area contributed by atoms with Gasteiger partial charge >= 0.3 is 0 Å². The molecule has 0 unspecified atom stereocenters. The zero-order valence-corrected chi connectivity index (χ0v) is 59.8. The van der Waals surface area contributed by atoms with Gasteiger partial charge in [-0.25, -0.2) is 0 Å². The monoisotopic (exact) mass is 1610 g/mol. The van der Waals surface area contributed by atoms with Gasteiger partial charge in [0, 0.05) is 27.7 Å². The third-order valence-corrected chi connectivity index (χ3v) is 20.3. The predicted molar refractivity (Wildman–Crippen MR) is 341 cm³/mol. The van der Waals surface area contributed by atoms with Gasteiger partial charge in [0.2, 0.25) is 23.6 Å². The summed E-state index contributed by atoms with van der Waals surface area (Å²) in [5.41, 5.74) is 0. The van der Waals surface area contributed by atoms with Crippen LogP contribution in [-0.2, 0) is 99.7 Å². The maximum atomic E-state index is 13.4. The molecule has 0 radical (unpaired) electrons. The molecule has 9 rings (SSSR count). The van der Waals surface area contributed by atoms with E-state index in [9.17, 15) is 137 Å². The Morgan fingerprint density at radius 2 is 0.582 bits per heavy atom. The van der Waals surface area contributed by atoms with Crippen molar-refractivity contribution in [2.75, 3.05) is 46.2 Å². The highest BCUT2D eigenvalue weighted by atomic mass is 16.8. The third kappa shape index (κ3) is 19.9. The van der Waals surface area contributed by atoms with Crippen LogP contribution in [0.3, 0.4) is 0 Å². The van der Waals surface area contributed by atoms with Crippen LogP contribution < -0.4 is 21.3 Å². The van der Waals surface area contributed by atoms with Crippen LogP contribution in [0.2, 0.25) is 0 Å². The van der Waals surface area contributed by atoms with Gasteiger partial charge in [-0.05, 0) is 13.8 Å². The number of aliphatic hydroxyl groups excluding tert-OH is 23. The van der Waals surface area contributed by atoms with E-state index in [4.69, 9.17) is 80.5 Å². The number of rotatable bonds is 27. The van der Waals surface area contributed by atoms with Crippen LogP contribution >= 0.6 is 0 Å². The van der Waals surface area contributed by atoms with Crippen molar-refractivity contribution < 1.29 is 217 Å². The number of ether oxygens (including phenoxy) is 17. The van der Waals surface area contributed by atoms with Gasteiger partial charge < -0.3 is 219 Å². The van der Waals surface area contributed by atoms with Crippen molar-refractivity contribution in [3.63, 3.8) is 0 Å². The summed E-state index contributed by atoms with van der Waals surface area (Å²) in [5.74, 6) is -3.59. The Labute approximate surface area is 624 Å². The Morgan fingerprint density at radius 1 is 0.255 bits per heavy atom. The number of carbonyl (C=O) groups excluding carboxylic acids is 4. The molecule has 9 aliphatic heterocycles. The van der Waals surface area contributed by atoms with Gasteiger partial charge in [0.05, 0.1) is 58.5 Å². The molecule has 0 spiro atoms. The average molecular weight is 1610 g/mol. The predicted octanol–water partition coefficient (Wildman–Crippen LogP) is -18.0. The van der Waals surface area contributed by atoms with Gasteiger partial charge in [-0.3, -0.25) is 19.2 Å². The highest BCUT2D eigenvalue weighted by Crippen LogP contribution is 2.40. The third-order valence-electron chi connectivity index (χ3n) is 20.3. The fraction of sp³-hybridized carbons (Fsp3) is 0.935. The van der Waals surface area contributed by atoms with Crippen LogP contribution in [-0.4, -0.2) is 463 Å². The van der Waals surface area contributed by atoms with E-state index in [1.165, 1.54) is 13.8 Å². The molecule has 9 saturated heterocycles. The highest BCUT2D eigenvalue weighted by molar-refractivity contribution is 5.74. The SMILES string of the molecule is CC(=O)N[C@@H]1[C@@H](O[C@@H]2O[C@@H](C)[C@@H](O)[C@@H](O)[C@@H]2O)[C@H](O[C@@H]2O[C@H](CO)[C@@H](O[C@@H]3O[C@H](CO[C@H]4O[C@H](CO)[C@@H](O)[C@H](O)[C@@H]4O[C@@H]4O[C@H](CO)[C@@H](O)[C@H](O)[C@H]4NC(C)=O)[C@@H](O)[C@H](O[C@H]4O[C@H](CO)[C@@H](O)[C@H](O)[C@@H]4O[C@@H]4O[C@H](CO)[C@@H](O)[C@H](O)[C@H]4NC(C)=O)[C@@H]3O)[C@H](O)[C@H]2NC(C)=O)[C@@H](CO[C@@H]2O[C@@H](C)[C@@H](O)[C@@H](O)[C@@H]2O)O[C@H]1O. The molecule has 9 heterocycles. The molecule has 48 heteroatoms. The first kappa shape index (κ1) is 90.2. The van der Waals surface area contributed by atoms with Crippen molar-refractivity contribution in [2.45, 2.75) is 318 Å². The number of amides is 4. The Balaban J connectivity index is 1.08. The quantitative estimate of drug-likeness (QED) is 0.0363. The fourth-order valence-corrected chi connectivity index (χ4v) is 14.2. The summed E-state index contributed by atoms with van der Waals surface area (Å²) in [7, 11) is 0. The van der Waals surface area contributed by atoms with E-state index < -0.39 is 346 Å². The molecule has 0 saturated carbocycles. The van der Waals surface area contributed by atoms with Gasteiger partial charge in [-0.2, -0.15) is 0 Å². The minimum Gasteiger partial charge on any atom is -0.394 e. The molecule has 4 amide bonds. The van der Waals surface area contributed by atoms with Crippen LogP contribution in [0, 0.1) is 0 Å². The molecule has 110 heavy (non-hydrogen) atoms. The summed E-state index contributed by atoms with van der Waals surface area (Å²) in [5, 5.41) is 266. The van der Waals surface area contributed by atoms with E-state index in [0.29, 0.717) is 0 Å². The molecule has 0 aliphatic carbocycles. The molecule has 9 aliphatic rings. The molecule has 636 valence electrons. The van der Waals surface area contributed by atoms with Crippen LogP contribution in [0.25, 0.3) is 0 Å². The van der Waals surface area contributed by atoms with Crippen LogP contribution in [0.1, 0.15) is 41.5 Å². The highest BCUT2D eigenvalue weighted by Gasteiger charge is 2.61. The van der Waals surface area contributed by atoms with Crippen LogP contribution in [0.15, 0.2) is 0 Å². The molecule has 0 aromatic rings. The van der Waals surface area contributed by atoms with Crippen LogP contribution in [0.4, 0.5) is 0 Å². The second-order valence-electron chi connectivity index (χ2n) is 28.2. The van der Waals surface area contributed by atoms with Crippen molar-refractivity contribution >= 4 is 23.6 Å². The van der Waals surface area contributed by atoms with E-state index in [1.54, 1.807) is 0 Å². The lowest BCUT2D eigenvalue weighted by Gasteiger charge is -2.51. The number of nitrogens with one attached hydrogen (secondary N) is 4. The first-order chi connectivity index (χ1) is 51.9. The molecule has 48 nitrogen and oxygen atoms in total. The first-order valence-electron chi connectivity index (χ1n) is 35.3. The Bertz CT molecular complexity index is 2940. The van der Waals surface area contributed by atoms with Crippen LogP contribution in [0.5, 0.6) is 0 Å². The summed E-state index contributed by atoms with van der Waals surface area (Å²) in [4.78, 5) is 51.3. The van der Waals surface area contributed by atoms with Crippen molar-refractivity contribution in [1.82, 2.24) is 21.3 Å². The van der Waals surface area contributed by atoms with Gasteiger partial charge in [0.1, 0.15) is 207 Å². The van der Waals surface area contributed by atoms with Crippen molar-refractivity contribution in [3.8, 4) is 0 Å². The van der Waals surface area contributed by atoms with Crippen molar-refractivity contribution in [3.05, 3.63) is 0 Å². The number of aliphatic hydroxyl groups is 23. The zero-order valence-electron chi connectivity index (χ0n) is 59.8. The largest absolute Gasteiger partial charge is 0.394 e. The Hall–Kier alpha value is -3.72. The molecule has 9 fully saturated rings. The summed E-state index contributed by atoms with van der Waals surface area (Å²) in [6.07, 6.45) is -82.7. The lowest BCUT2D eigenvalue weighted by Crippen LogP contribution is -2.71. The normalized spacial score (nSPS) is 49.6. The van der Waals surface area contributed by atoms with E-state index in [0.717, 1.165) is 27.7 Å². The minimum absolute atomic E-state index is 0.837. The number of hydrogen-bond acceptors (Lipinski definition) is 44. The lowest BCUT2D eigenvalue weighted by atomic mass is 9.93. The second kappa shape index (κ2) is 39.0. The van der Waals surface area contributed by atoms with Gasteiger partial charge in [0.15, 0.2) is 56.6 Å². The molecule has 27 N–H and O–H groups in total. The summed E-state index contributed by atoms with van der Waals surface area (Å²) >= 11 is 0. The Morgan fingerprint density at radius 3 is 1.05 bits per heavy atom. The lowest BCUT2D eigenvalue weighted by molar-refractivity contribution is -0.397. The standard InChI is InChI=1S/C62H104N4O44/c1-14-31(76)41(86)45(90)58(96-14)94-13-26-49(50(30(54(93)98-26)66-19(6)75)107-59-46(91)42(87)32(77)15(2)97-59)106-57-29(65-18(5)74)40(85)48(24(11-71)103-57)105-60-47(92)51(108-62-53(44(89)36(81)23(10-70)102-62)110-56-28(64-17(4)73)39(84)34(79)21(8-68)100-56)37(82)25(104-60)12-95-61-52(43(88)35(80)22(9-69)101-61)109-55-27(63-16(3)72)38(83)33(78)20(7-67)99-55/h14-15,20-62,67-71,76-93H,7-13H2,1-6H3,(H,63,72)(H,64,73)(H,65,74)(H,66,75)/t14-,15-,20+,21+,22+,23+,24+,25+,26+,27+,28+,29+,30+,31+,32+,33+,34+,35+,36+,37+,38+,39+,40+,41+,42+,43-,44-,45-,46-,47-,48+,49+,50+,51-,52-,53-,54+,55-,56-,57-,58+,59-,60-,61-,62+/m0/s1. The van der Waals surface area contributed by atoms with Crippen molar-refractivity contribution in [2.24, 2.45) is 0 Å². The topological polar surface area (TPSA) is 739 Å². The molecular formula is C62H104N4O44. The first-order valence-corrected chi connectivity index (χ1v) is 35.3. The maximum Gasteiger partial charge on any atom is 0.217 e. The van der Waals surface area contributed by atoms with E-state index >= 15 is 0 Å². The number of hydrogen-bond donors (Lipinski definition) is 27. The number of carbonyl (C=O) groups is 4. The average Bonchev–Trinajstić information content (AvgIpc) is 0.764. The molecule has 0 bridgehead atoms. The fourth-order valence-electron chi connectivity index (χ4n) is 14.2. The molecule has 0 aromatic heterocycles. The van der Waals surface area contributed by atoms with Gasteiger partial charge in [0.25, 0.3) is 0 Å². The van der Waals surface area contributed by atoms with E-state index in [-0.39, 0.29) is 0 Å². The summed E-state index contributed by atoms with van der Waals surface area (Å²) in [6.45, 7) is -1.05. The van der Waals surface area contributed by atoms with E-state index in [1.807, 2.05) is 0 Å². The molecule has 45 atom stereocenters. The minimum atomic E-state index is -2.56. The maximum absolute atomic E-state index is 13.4. The van der Waals surface area contributed by atoms with E-state index in [2.05, 4.69) is 21.3 Å². The molecular weight excluding hydrogens is 1500 g/mol. The smallest absolute Gasteiger partial charge is 0.217 e. The molecule has 0 aromatic carbocycles. The van der Waals surface area contributed by atoms with Crippen molar-refractivity contribution in [1.29, 1.82) is 0 Å². The van der Waals surface area contributed by atoms with Gasteiger partial charge in [-0.1, -0.05) is 0 Å². The zero-order chi connectivity index (χ0) is 81.1. The summed E-state index contributed by atoms with van der Waals surface area (Å²) in [6, 6.07) is -7.39. The Kier molecular flexibility index (Phi) is 32.0. The van der Waals surface area contributed by atoms with Gasteiger partial charge in [-0.15, -0.1) is 0 Å². The summed E-state index contributed by atoms with van der Waals surface area (Å²) < 4.78 is 102.